The van der Waals surface area contributed by atoms with Crippen LogP contribution in [0, 0.1) is 12.7 Å². The zero-order chi connectivity index (χ0) is 19.4. The molecule has 0 unspecified atom stereocenters. The van der Waals surface area contributed by atoms with Gasteiger partial charge in [-0.15, -0.1) is 0 Å². The lowest BCUT2D eigenvalue weighted by atomic mass is 10.1. The van der Waals surface area contributed by atoms with E-state index in [0.717, 1.165) is 17.1 Å². The number of halogens is 1. The van der Waals surface area contributed by atoms with E-state index >= 15 is 0 Å². The molecule has 142 valence electrons. The van der Waals surface area contributed by atoms with Gasteiger partial charge in [0.15, 0.2) is 0 Å². The first kappa shape index (κ1) is 18.8. The summed E-state index contributed by atoms with van der Waals surface area (Å²) in [5.74, 6) is 0.417. The molecule has 7 heteroatoms. The number of hydrogen-bond acceptors (Lipinski definition) is 3. The van der Waals surface area contributed by atoms with E-state index in [4.69, 9.17) is 0 Å². The molecular formula is C20H24FN5O. The number of likely N-dealkylation sites (N-methyl/N-ethyl adjacent to an activating group) is 1. The number of imidazole rings is 1. The summed E-state index contributed by atoms with van der Waals surface area (Å²) in [7, 11) is 1.78. The van der Waals surface area contributed by atoms with Crippen LogP contribution >= 0.6 is 0 Å². The number of amides is 2. The van der Waals surface area contributed by atoms with Gasteiger partial charge in [0.05, 0.1) is 11.0 Å². The van der Waals surface area contributed by atoms with E-state index in [-0.39, 0.29) is 17.9 Å². The summed E-state index contributed by atoms with van der Waals surface area (Å²) in [6, 6.07) is 8.25. The maximum absolute atomic E-state index is 13.2. The van der Waals surface area contributed by atoms with Crippen LogP contribution in [0.25, 0.3) is 11.0 Å². The molecule has 1 aromatic carbocycles. The van der Waals surface area contributed by atoms with Gasteiger partial charge in [-0.2, -0.15) is 0 Å². The number of aryl methyl sites for hydroxylation is 1. The molecule has 6 nitrogen and oxygen atoms in total. The van der Waals surface area contributed by atoms with E-state index in [1.54, 1.807) is 24.2 Å². The fourth-order valence-corrected chi connectivity index (χ4v) is 2.91. The van der Waals surface area contributed by atoms with Gasteiger partial charge < -0.3 is 15.2 Å². The molecule has 0 spiro atoms. The Balaban J connectivity index is 1.51. The third kappa shape index (κ3) is 4.61. The summed E-state index contributed by atoms with van der Waals surface area (Å²) in [5.41, 5.74) is 3.50. The molecule has 2 heterocycles. The molecule has 0 saturated carbocycles. The number of hydrogen-bond donors (Lipinski definition) is 2. The quantitative estimate of drug-likeness (QED) is 0.701. The monoisotopic (exact) mass is 369 g/mol. The highest BCUT2D eigenvalue weighted by molar-refractivity contribution is 5.75. The van der Waals surface area contributed by atoms with Gasteiger partial charge in [-0.25, -0.2) is 14.2 Å². The summed E-state index contributed by atoms with van der Waals surface area (Å²) < 4.78 is 13.2. The van der Waals surface area contributed by atoms with Crippen molar-refractivity contribution in [1.82, 2.24) is 25.2 Å². The second kappa shape index (κ2) is 8.16. The lowest BCUT2D eigenvalue weighted by Crippen LogP contribution is -2.44. The normalized spacial score (nSPS) is 12.1. The smallest absolute Gasteiger partial charge is 0.317 e. The van der Waals surface area contributed by atoms with Crippen LogP contribution in [0.15, 0.2) is 36.5 Å². The van der Waals surface area contributed by atoms with Crippen LogP contribution in [0.2, 0.25) is 0 Å². The van der Waals surface area contributed by atoms with Crippen molar-refractivity contribution < 1.29 is 9.18 Å². The van der Waals surface area contributed by atoms with Crippen LogP contribution in [0.3, 0.4) is 0 Å². The molecule has 0 bridgehead atoms. The minimum Gasteiger partial charge on any atom is -0.342 e. The Bertz CT molecular complexity index is 939. The molecule has 2 N–H and O–H groups in total. The Morgan fingerprint density at radius 3 is 2.96 bits per heavy atom. The van der Waals surface area contributed by atoms with Crippen LogP contribution < -0.4 is 5.32 Å². The largest absolute Gasteiger partial charge is 0.342 e. The van der Waals surface area contributed by atoms with E-state index in [0.29, 0.717) is 30.4 Å². The number of aromatic amines is 1. The third-order valence-electron chi connectivity index (χ3n) is 4.72. The Kier molecular flexibility index (Phi) is 5.69. The van der Waals surface area contributed by atoms with Gasteiger partial charge in [0.25, 0.3) is 0 Å². The summed E-state index contributed by atoms with van der Waals surface area (Å²) in [4.78, 5) is 25.9. The summed E-state index contributed by atoms with van der Waals surface area (Å²) in [6.07, 6.45) is 3.02. The van der Waals surface area contributed by atoms with Crippen LogP contribution in [0.4, 0.5) is 9.18 Å². The number of pyridine rings is 1. The SMILES string of the molecule is Cc1cccnc1C[C@H](C)N(C)C(=O)NCCc1nc2ccc(F)cc2[nH]1. The number of H-pyrrole nitrogens is 1. The molecule has 3 rings (SSSR count). The van der Waals surface area contributed by atoms with Crippen LogP contribution in [-0.4, -0.2) is 45.5 Å². The first-order valence-corrected chi connectivity index (χ1v) is 8.99. The van der Waals surface area contributed by atoms with Gasteiger partial charge in [-0.05, 0) is 43.7 Å². The lowest BCUT2D eigenvalue weighted by molar-refractivity contribution is 0.193. The van der Waals surface area contributed by atoms with E-state index in [9.17, 15) is 9.18 Å². The summed E-state index contributed by atoms with van der Waals surface area (Å²) in [5, 5.41) is 2.90. The second-order valence-corrected chi connectivity index (χ2v) is 6.76. The average molecular weight is 369 g/mol. The maximum Gasteiger partial charge on any atom is 0.317 e. The zero-order valence-electron chi connectivity index (χ0n) is 15.8. The van der Waals surface area contributed by atoms with Gasteiger partial charge in [-0.1, -0.05) is 6.07 Å². The van der Waals surface area contributed by atoms with Gasteiger partial charge >= 0.3 is 6.03 Å². The highest BCUT2D eigenvalue weighted by atomic mass is 19.1. The number of nitrogens with one attached hydrogen (secondary N) is 2. The topological polar surface area (TPSA) is 73.9 Å². The van der Waals surface area contributed by atoms with E-state index in [2.05, 4.69) is 20.3 Å². The molecule has 0 aliphatic rings. The molecule has 0 saturated heterocycles. The standard InChI is InChI=1S/C20H24FN5O/c1-13-5-4-9-22-17(13)11-14(2)26(3)20(27)23-10-8-19-24-16-7-6-15(21)12-18(16)25-19/h4-7,9,12,14H,8,10-11H2,1-3H3,(H,23,27)(H,24,25)/t14-/m0/s1. The van der Waals surface area contributed by atoms with Gasteiger partial charge in [0.1, 0.15) is 11.6 Å². The van der Waals surface area contributed by atoms with Crippen LogP contribution in [0.1, 0.15) is 24.0 Å². The zero-order valence-corrected chi connectivity index (χ0v) is 15.8. The molecular weight excluding hydrogens is 345 g/mol. The minimum atomic E-state index is -0.301. The predicted octanol–water partition coefficient (Wildman–Crippen LogP) is 3.22. The highest BCUT2D eigenvalue weighted by Crippen LogP contribution is 2.13. The van der Waals surface area contributed by atoms with Crippen molar-refractivity contribution in [2.45, 2.75) is 32.7 Å². The highest BCUT2D eigenvalue weighted by Gasteiger charge is 2.17. The third-order valence-corrected chi connectivity index (χ3v) is 4.72. The minimum absolute atomic E-state index is 0.0211. The number of aromatic nitrogens is 3. The number of fused-ring (bicyclic) bond motifs is 1. The fourth-order valence-electron chi connectivity index (χ4n) is 2.91. The van der Waals surface area contributed by atoms with Crippen molar-refractivity contribution >= 4 is 17.1 Å². The number of benzene rings is 1. The molecule has 0 fully saturated rings. The summed E-state index contributed by atoms with van der Waals surface area (Å²) in [6.45, 7) is 4.47. The van der Waals surface area contributed by atoms with Crippen molar-refractivity contribution in [2.75, 3.05) is 13.6 Å². The molecule has 0 aliphatic heterocycles. The molecule has 1 atom stereocenters. The van der Waals surface area contributed by atoms with Gasteiger partial charge in [-0.3, -0.25) is 4.98 Å². The number of carbonyl (C=O) groups is 1. The first-order valence-electron chi connectivity index (χ1n) is 8.99. The van der Waals surface area contributed by atoms with Crippen molar-refractivity contribution in [1.29, 1.82) is 0 Å². The maximum atomic E-state index is 13.2. The van der Waals surface area contributed by atoms with Gasteiger partial charge in [0.2, 0.25) is 0 Å². The molecule has 2 aromatic heterocycles. The molecule has 2 amide bonds. The summed E-state index contributed by atoms with van der Waals surface area (Å²) >= 11 is 0. The van der Waals surface area contributed by atoms with Crippen molar-refractivity contribution in [3.05, 3.63) is 59.4 Å². The van der Waals surface area contributed by atoms with Gasteiger partial charge in [0, 0.05) is 44.4 Å². The first-order chi connectivity index (χ1) is 12.9. The molecule has 27 heavy (non-hydrogen) atoms. The average Bonchev–Trinajstić information content (AvgIpc) is 3.04. The Morgan fingerprint density at radius 2 is 2.19 bits per heavy atom. The van der Waals surface area contributed by atoms with Crippen molar-refractivity contribution in [3.8, 4) is 0 Å². The Morgan fingerprint density at radius 1 is 1.37 bits per heavy atom. The molecule has 0 aliphatic carbocycles. The second-order valence-electron chi connectivity index (χ2n) is 6.76. The number of urea groups is 1. The number of rotatable bonds is 6. The number of nitrogens with zero attached hydrogens (tertiary/aromatic N) is 3. The molecule has 3 aromatic rings. The fraction of sp³-hybridized carbons (Fsp3) is 0.350. The van der Waals surface area contributed by atoms with Crippen molar-refractivity contribution in [2.24, 2.45) is 0 Å². The van der Waals surface area contributed by atoms with E-state index < -0.39 is 0 Å². The molecule has 0 radical (unpaired) electrons. The van der Waals surface area contributed by atoms with Crippen LogP contribution in [-0.2, 0) is 12.8 Å². The van der Waals surface area contributed by atoms with Crippen molar-refractivity contribution in [3.63, 3.8) is 0 Å². The predicted molar refractivity (Wildman–Crippen MR) is 103 cm³/mol. The number of carbonyl (C=O) groups excluding carboxylic acids is 1. The Labute approximate surface area is 157 Å². The van der Waals surface area contributed by atoms with E-state index in [1.165, 1.54) is 12.1 Å². The van der Waals surface area contributed by atoms with Crippen LogP contribution in [0.5, 0.6) is 0 Å². The lowest BCUT2D eigenvalue weighted by Gasteiger charge is -2.25. The Hall–Kier alpha value is -2.96. The van der Waals surface area contributed by atoms with E-state index in [1.807, 2.05) is 26.0 Å².